The maximum atomic E-state index is 2.54. The van der Waals surface area contributed by atoms with Crippen LogP contribution in [0.1, 0.15) is 33.4 Å². The predicted molar refractivity (Wildman–Crippen MR) is 217 cm³/mol. The average Bonchev–Trinajstić information content (AvgIpc) is 3.79. The van der Waals surface area contributed by atoms with Gasteiger partial charge in [0, 0.05) is 26.8 Å². The van der Waals surface area contributed by atoms with Crippen molar-refractivity contribution in [3.63, 3.8) is 0 Å². The molecule has 2 aliphatic rings. The molecule has 0 saturated heterocycles. The van der Waals surface area contributed by atoms with Crippen molar-refractivity contribution in [1.29, 1.82) is 0 Å². The first-order chi connectivity index (χ1) is 25.1. The van der Waals surface area contributed by atoms with Crippen LogP contribution in [-0.4, -0.2) is 0 Å². The highest BCUT2D eigenvalue weighted by atomic mass is 32.1. The normalized spacial score (nSPS) is 13.5. The van der Waals surface area contributed by atoms with Crippen LogP contribution in [-0.2, 0) is 5.41 Å². The molecule has 9 aromatic rings. The van der Waals surface area contributed by atoms with Crippen LogP contribution in [0.25, 0.3) is 53.2 Å². The summed E-state index contributed by atoms with van der Waals surface area (Å²) in [6.07, 6.45) is 0. The number of nitrogens with zero attached hydrogens (tertiary/aromatic N) is 1. The fourth-order valence-corrected chi connectivity index (χ4v) is 10.7. The zero-order valence-electron chi connectivity index (χ0n) is 28.4. The van der Waals surface area contributed by atoms with Gasteiger partial charge in [-0.25, -0.2) is 0 Å². The molecule has 51 heavy (non-hydrogen) atoms. The van der Waals surface area contributed by atoms with Crippen molar-refractivity contribution in [3.05, 3.63) is 197 Å². The molecule has 0 saturated carbocycles. The van der Waals surface area contributed by atoms with Crippen molar-refractivity contribution >= 4 is 59.3 Å². The highest BCUT2D eigenvalue weighted by molar-refractivity contribution is 7.26. The second kappa shape index (κ2) is 10.5. The SMILES string of the molecule is Cc1cc(C)cc(N(c2ccc3c(c2)C2(c4ccccc4-c4ccccc42)c2ccccc2-3)c2cc3ccccc3c3c2sc2ccccc23)c1. The van der Waals surface area contributed by atoms with Crippen LogP contribution in [0.3, 0.4) is 0 Å². The van der Waals surface area contributed by atoms with E-state index in [1.54, 1.807) is 0 Å². The minimum absolute atomic E-state index is 0.403. The van der Waals surface area contributed by atoms with Crippen LogP contribution < -0.4 is 4.90 Å². The standard InChI is InChI=1S/C49H33NS/c1-30-25-31(2)27-34(26-30)50(45-28-32-13-3-4-14-35(32)47-40-18-8-12-22-46(40)51-48(45)47)33-23-24-39-38-17-7-11-21-43(38)49(44(39)29-33)41-19-9-5-15-36(41)37-16-6-10-20-42(37)49/h3-29H,1-2H3. The van der Waals surface area contributed by atoms with Gasteiger partial charge in [-0.2, -0.15) is 0 Å². The summed E-state index contributed by atoms with van der Waals surface area (Å²) >= 11 is 1.90. The fraction of sp³-hybridized carbons (Fsp3) is 0.0612. The Morgan fingerprint density at radius 1 is 0.451 bits per heavy atom. The van der Waals surface area contributed by atoms with E-state index in [9.17, 15) is 0 Å². The van der Waals surface area contributed by atoms with Gasteiger partial charge in [-0.3, -0.25) is 0 Å². The molecule has 2 heteroatoms. The molecular formula is C49H33NS. The van der Waals surface area contributed by atoms with Crippen LogP contribution in [0, 0.1) is 13.8 Å². The van der Waals surface area contributed by atoms with Gasteiger partial charge in [-0.05, 0) is 117 Å². The maximum absolute atomic E-state index is 2.54. The number of fused-ring (bicyclic) bond motifs is 15. The van der Waals surface area contributed by atoms with Crippen LogP contribution >= 0.6 is 11.3 Å². The number of thiophene rings is 1. The molecule has 1 heterocycles. The van der Waals surface area contributed by atoms with Gasteiger partial charge in [-0.15, -0.1) is 11.3 Å². The molecule has 0 unspecified atom stereocenters. The third-order valence-electron chi connectivity index (χ3n) is 11.3. The molecule has 0 amide bonds. The summed E-state index contributed by atoms with van der Waals surface area (Å²) in [7, 11) is 0. The monoisotopic (exact) mass is 667 g/mol. The summed E-state index contributed by atoms with van der Waals surface area (Å²) < 4.78 is 2.62. The third-order valence-corrected chi connectivity index (χ3v) is 12.5. The maximum Gasteiger partial charge on any atom is 0.0726 e. The lowest BCUT2D eigenvalue weighted by molar-refractivity contribution is 0.793. The molecule has 0 atom stereocenters. The van der Waals surface area contributed by atoms with Gasteiger partial charge >= 0.3 is 0 Å². The number of rotatable bonds is 3. The first-order valence-corrected chi connectivity index (χ1v) is 18.6. The smallest absolute Gasteiger partial charge is 0.0726 e. The Morgan fingerprint density at radius 3 is 1.67 bits per heavy atom. The first kappa shape index (κ1) is 28.8. The molecule has 1 nitrogen and oxygen atoms in total. The molecule has 0 fully saturated rings. The van der Waals surface area contributed by atoms with Gasteiger partial charge in [0.2, 0.25) is 0 Å². The number of anilines is 3. The molecule has 0 bridgehead atoms. The number of hydrogen-bond donors (Lipinski definition) is 0. The minimum atomic E-state index is -0.403. The molecule has 0 radical (unpaired) electrons. The Balaban J connectivity index is 1.26. The molecule has 8 aromatic carbocycles. The van der Waals surface area contributed by atoms with E-state index in [-0.39, 0.29) is 0 Å². The summed E-state index contributed by atoms with van der Waals surface area (Å²) in [5, 5.41) is 5.21. The average molecular weight is 668 g/mol. The lowest BCUT2D eigenvalue weighted by Crippen LogP contribution is -2.26. The fourth-order valence-electron chi connectivity index (χ4n) is 9.45. The van der Waals surface area contributed by atoms with Crippen LogP contribution in [0.4, 0.5) is 17.1 Å². The predicted octanol–water partition coefficient (Wildman–Crippen LogP) is 13.6. The second-order valence-electron chi connectivity index (χ2n) is 14.2. The third kappa shape index (κ3) is 3.86. The highest BCUT2D eigenvalue weighted by Crippen LogP contribution is 2.63. The van der Waals surface area contributed by atoms with E-state index in [1.807, 2.05) is 11.3 Å². The van der Waals surface area contributed by atoms with Crippen LogP contribution in [0.5, 0.6) is 0 Å². The Morgan fingerprint density at radius 2 is 1.00 bits per heavy atom. The van der Waals surface area contributed by atoms with Crippen molar-refractivity contribution in [2.45, 2.75) is 19.3 Å². The summed E-state index contributed by atoms with van der Waals surface area (Å²) in [6, 6.07) is 61.7. The summed E-state index contributed by atoms with van der Waals surface area (Å²) in [6.45, 7) is 4.43. The Kier molecular flexibility index (Phi) is 5.95. The summed E-state index contributed by atoms with van der Waals surface area (Å²) in [5.74, 6) is 0. The van der Waals surface area contributed by atoms with E-state index < -0.39 is 5.41 Å². The van der Waals surface area contributed by atoms with E-state index >= 15 is 0 Å². The summed E-state index contributed by atoms with van der Waals surface area (Å²) in [4.78, 5) is 2.54. The largest absolute Gasteiger partial charge is 0.309 e. The highest BCUT2D eigenvalue weighted by Gasteiger charge is 2.51. The van der Waals surface area contributed by atoms with Gasteiger partial charge in [0.05, 0.1) is 15.8 Å². The molecule has 1 aromatic heterocycles. The van der Waals surface area contributed by atoms with E-state index in [1.165, 1.54) is 104 Å². The Hall–Kier alpha value is -5.96. The van der Waals surface area contributed by atoms with Crippen molar-refractivity contribution in [2.24, 2.45) is 0 Å². The Labute approximate surface area is 301 Å². The molecule has 2 aliphatic carbocycles. The number of aryl methyl sites for hydroxylation is 2. The lowest BCUT2D eigenvalue weighted by atomic mass is 9.70. The van der Waals surface area contributed by atoms with Gasteiger partial charge in [0.1, 0.15) is 0 Å². The van der Waals surface area contributed by atoms with E-state index in [0.29, 0.717) is 0 Å². The van der Waals surface area contributed by atoms with E-state index in [0.717, 1.165) is 0 Å². The van der Waals surface area contributed by atoms with E-state index in [2.05, 4.69) is 183 Å². The van der Waals surface area contributed by atoms with Crippen molar-refractivity contribution in [1.82, 2.24) is 0 Å². The molecule has 0 N–H and O–H groups in total. The van der Waals surface area contributed by atoms with Crippen molar-refractivity contribution < 1.29 is 0 Å². The van der Waals surface area contributed by atoms with Gasteiger partial charge in [0.25, 0.3) is 0 Å². The minimum Gasteiger partial charge on any atom is -0.309 e. The molecule has 1 spiro atoms. The molecule has 0 aliphatic heterocycles. The van der Waals surface area contributed by atoms with Crippen molar-refractivity contribution in [3.8, 4) is 22.3 Å². The zero-order chi connectivity index (χ0) is 33.8. The topological polar surface area (TPSA) is 3.24 Å². The van der Waals surface area contributed by atoms with Gasteiger partial charge in [0.15, 0.2) is 0 Å². The zero-order valence-corrected chi connectivity index (χ0v) is 29.3. The van der Waals surface area contributed by atoms with E-state index in [4.69, 9.17) is 0 Å². The molecular weight excluding hydrogens is 635 g/mol. The second-order valence-corrected chi connectivity index (χ2v) is 15.3. The van der Waals surface area contributed by atoms with Crippen molar-refractivity contribution in [2.75, 3.05) is 4.90 Å². The Bertz CT molecular complexity index is 2830. The molecule has 240 valence electrons. The van der Waals surface area contributed by atoms with Gasteiger partial charge in [-0.1, -0.05) is 127 Å². The number of hydrogen-bond acceptors (Lipinski definition) is 2. The summed E-state index contributed by atoms with van der Waals surface area (Å²) in [5.41, 5.74) is 16.4. The van der Waals surface area contributed by atoms with Crippen LogP contribution in [0.2, 0.25) is 0 Å². The number of benzene rings is 8. The lowest BCUT2D eigenvalue weighted by Gasteiger charge is -2.32. The van der Waals surface area contributed by atoms with Gasteiger partial charge < -0.3 is 4.90 Å². The quantitative estimate of drug-likeness (QED) is 0.181. The van der Waals surface area contributed by atoms with Crippen LogP contribution in [0.15, 0.2) is 164 Å². The first-order valence-electron chi connectivity index (χ1n) is 17.8. The molecule has 11 rings (SSSR count).